The van der Waals surface area contributed by atoms with Crippen LogP contribution in [0.15, 0.2) is 179 Å². The van der Waals surface area contributed by atoms with E-state index in [-0.39, 0.29) is 45.1 Å². The first-order valence-corrected chi connectivity index (χ1v) is 30.8. The SMILES string of the molecule is O=C1NC2(CCCCC2)n2c1c(-c1ccccc1)cc(Nc1ccncn1)c2=O.O=C1NC2(CCCCC2)n2c1c(-c1ccccc1)cc(Nc1ccncn1)c2=O.O=C1NC2(CCCCC2)n2c1c(Cl)cc(Nc1ccncn1)c2=O.OB(O)c1ccccc1. The number of anilines is 6. The van der Waals surface area contributed by atoms with Gasteiger partial charge in [-0.3, -0.25) is 42.5 Å². The smallest absolute Gasteiger partial charge is 0.423 e. The van der Waals surface area contributed by atoms with Gasteiger partial charge in [0.25, 0.3) is 34.4 Å². The molecule has 0 radical (unpaired) electrons. The molecule has 6 aliphatic rings. The molecule has 3 amide bonds. The van der Waals surface area contributed by atoms with Crippen molar-refractivity contribution in [3.05, 3.63) is 218 Å². The molecule has 25 heteroatoms. The highest BCUT2D eigenvalue weighted by atomic mass is 35.5. The third kappa shape index (κ3) is 12.5. The second-order valence-electron chi connectivity index (χ2n) is 23.1. The Bertz CT molecular complexity index is 4120. The Balaban J connectivity index is 0.000000124. The second kappa shape index (κ2) is 26.5. The van der Waals surface area contributed by atoms with Crippen LogP contribution in [-0.4, -0.2) is 78.5 Å². The van der Waals surface area contributed by atoms with Crippen molar-refractivity contribution in [2.24, 2.45) is 0 Å². The molecule has 3 fully saturated rings. The fourth-order valence-corrected chi connectivity index (χ4v) is 13.5. The average molecular weight is 1240 g/mol. The van der Waals surface area contributed by atoms with Crippen molar-refractivity contribution >= 4 is 76.4 Å². The van der Waals surface area contributed by atoms with Crippen molar-refractivity contribution < 1.29 is 24.4 Å². The fourth-order valence-electron chi connectivity index (χ4n) is 13.2. The van der Waals surface area contributed by atoms with Crippen molar-refractivity contribution in [3.63, 3.8) is 0 Å². The minimum absolute atomic E-state index is 0.184. The zero-order valence-corrected chi connectivity index (χ0v) is 50.3. The number of rotatable bonds is 9. The number of nitrogens with zero attached hydrogens (tertiary/aromatic N) is 9. The summed E-state index contributed by atoms with van der Waals surface area (Å²) in [4.78, 5) is 103. The number of nitrogens with one attached hydrogen (secondary N) is 6. The van der Waals surface area contributed by atoms with E-state index in [4.69, 9.17) is 21.6 Å². The van der Waals surface area contributed by atoms with E-state index in [0.717, 1.165) is 119 Å². The highest BCUT2D eigenvalue weighted by Gasteiger charge is 2.48. The molecular weight excluding hydrogens is 1180 g/mol. The number of pyridine rings is 3. The predicted octanol–water partition coefficient (Wildman–Crippen LogP) is 8.58. The van der Waals surface area contributed by atoms with Crippen molar-refractivity contribution in [3.8, 4) is 22.3 Å². The maximum atomic E-state index is 13.5. The molecule has 0 unspecified atom stereocenters. The Hall–Kier alpha value is -10.2. The molecule has 3 spiro atoms. The molecule has 0 atom stereocenters. The Morgan fingerprint density at radius 1 is 0.418 bits per heavy atom. The number of amides is 3. The van der Waals surface area contributed by atoms with E-state index in [9.17, 15) is 28.8 Å². The molecule has 3 aliphatic heterocycles. The summed E-state index contributed by atoms with van der Waals surface area (Å²) in [6, 6.07) is 38.1. The van der Waals surface area contributed by atoms with Gasteiger partial charge in [-0.15, -0.1) is 0 Å². The minimum Gasteiger partial charge on any atom is -0.423 e. The van der Waals surface area contributed by atoms with Gasteiger partial charge in [-0.25, -0.2) is 29.9 Å². The maximum Gasteiger partial charge on any atom is 0.488 e. The summed E-state index contributed by atoms with van der Waals surface area (Å²) < 4.78 is 4.93. The van der Waals surface area contributed by atoms with Crippen LogP contribution in [-0.2, 0) is 17.0 Å². The number of halogens is 1. The van der Waals surface area contributed by atoms with E-state index < -0.39 is 24.1 Å². The third-order valence-corrected chi connectivity index (χ3v) is 17.7. The molecule has 462 valence electrons. The van der Waals surface area contributed by atoms with E-state index in [0.29, 0.717) is 51.4 Å². The van der Waals surface area contributed by atoms with E-state index >= 15 is 0 Å². The Morgan fingerprint density at radius 2 is 0.736 bits per heavy atom. The minimum atomic E-state index is -1.34. The van der Waals surface area contributed by atoms with Gasteiger partial charge in [0, 0.05) is 29.7 Å². The molecular formula is C66H65BClN15O8. The van der Waals surface area contributed by atoms with Gasteiger partial charge in [-0.1, -0.05) is 122 Å². The molecule has 3 aliphatic carbocycles. The quantitative estimate of drug-likeness (QED) is 0.0627. The molecule has 8 N–H and O–H groups in total. The van der Waals surface area contributed by atoms with Gasteiger partial charge < -0.3 is 41.9 Å². The number of aromatic nitrogens is 9. The Kier molecular flexibility index (Phi) is 17.8. The van der Waals surface area contributed by atoms with Crippen molar-refractivity contribution in [1.82, 2.24) is 59.6 Å². The molecule has 23 nitrogen and oxygen atoms in total. The van der Waals surface area contributed by atoms with Crippen molar-refractivity contribution in [1.29, 1.82) is 0 Å². The lowest BCUT2D eigenvalue weighted by Gasteiger charge is -2.35. The lowest BCUT2D eigenvalue weighted by molar-refractivity contribution is 0.0867. The number of carbonyl (C=O) groups is 3. The molecule has 15 rings (SSSR count). The van der Waals surface area contributed by atoms with E-state index in [2.05, 4.69) is 61.8 Å². The molecule has 0 bridgehead atoms. The molecule has 9 heterocycles. The zero-order valence-electron chi connectivity index (χ0n) is 49.5. The topological polar surface area (TPSA) is 307 Å². The zero-order chi connectivity index (χ0) is 63.1. The summed E-state index contributed by atoms with van der Waals surface area (Å²) in [5, 5.41) is 35.9. The lowest BCUT2D eigenvalue weighted by atomic mass is 9.81. The van der Waals surface area contributed by atoms with Gasteiger partial charge in [-0.05, 0) is 130 Å². The van der Waals surface area contributed by atoms with E-state index in [1.165, 1.54) is 25.0 Å². The summed E-state index contributed by atoms with van der Waals surface area (Å²) in [6.07, 6.45) is 22.8. The van der Waals surface area contributed by atoms with Crippen LogP contribution in [0.2, 0.25) is 5.02 Å². The second-order valence-corrected chi connectivity index (χ2v) is 23.5. The first-order valence-electron chi connectivity index (χ1n) is 30.4. The molecule has 3 aromatic carbocycles. The normalized spacial score (nSPS) is 16.6. The standard InChI is InChI=1S/2C22H21N5O2.C16H16ClN5O2.C6H7BO2/c2*28-20-19-16(15-7-3-1-4-8-15)13-17(25-18-9-12-23-14-24-18)21(29)27(19)22(26-20)10-5-2-6-11-22;17-10-8-11(20-12-4-7-18-9-19-12)15(24)22-13(10)14(23)21-16(22)5-2-1-3-6-16;8-7(9)6-4-2-1-3-5-6/h2*1,3-4,7-9,12-14H,2,5-6,10-11H2,(H,26,28)(H,23,24,25);4,7-9H,1-3,5-6H2,(H,21,23)(H,18,19,20);1-5,8-9H. The Morgan fingerprint density at radius 3 is 1.05 bits per heavy atom. The van der Waals surface area contributed by atoms with Gasteiger partial charge in [0.15, 0.2) is 0 Å². The fraction of sp³-hybridized carbons (Fsp3) is 0.273. The average Bonchev–Trinajstić information content (AvgIpc) is 1.63. The summed E-state index contributed by atoms with van der Waals surface area (Å²) in [6.45, 7) is 0. The van der Waals surface area contributed by atoms with Crippen LogP contribution in [0, 0.1) is 0 Å². The highest BCUT2D eigenvalue weighted by Crippen LogP contribution is 2.43. The van der Waals surface area contributed by atoms with Gasteiger partial charge >= 0.3 is 7.12 Å². The largest absolute Gasteiger partial charge is 0.488 e. The first-order chi connectivity index (χ1) is 44.3. The van der Waals surface area contributed by atoms with Gasteiger partial charge in [0.1, 0.15) is 87.6 Å². The third-order valence-electron chi connectivity index (χ3n) is 17.4. The van der Waals surface area contributed by atoms with Gasteiger partial charge in [0.05, 0.1) is 5.02 Å². The molecule has 91 heavy (non-hydrogen) atoms. The van der Waals surface area contributed by atoms with Gasteiger partial charge in [0.2, 0.25) is 0 Å². The molecule has 0 saturated heterocycles. The lowest BCUT2D eigenvalue weighted by Crippen LogP contribution is -2.48. The predicted molar refractivity (Wildman–Crippen MR) is 346 cm³/mol. The number of fused-ring (bicyclic) bond motifs is 6. The van der Waals surface area contributed by atoms with Crippen LogP contribution in [0.3, 0.4) is 0 Å². The number of carbonyl (C=O) groups excluding carboxylic acids is 3. The Labute approximate surface area is 527 Å². The summed E-state index contributed by atoms with van der Waals surface area (Å²) >= 11 is 6.32. The maximum absolute atomic E-state index is 13.5. The van der Waals surface area contributed by atoms with E-state index in [1.807, 2.05) is 66.7 Å². The van der Waals surface area contributed by atoms with Crippen LogP contribution in [0.4, 0.5) is 34.5 Å². The van der Waals surface area contributed by atoms with Crippen molar-refractivity contribution in [2.75, 3.05) is 16.0 Å². The van der Waals surface area contributed by atoms with Crippen molar-refractivity contribution in [2.45, 2.75) is 113 Å². The highest BCUT2D eigenvalue weighted by molar-refractivity contribution is 6.58. The van der Waals surface area contributed by atoms with Crippen LogP contribution < -0.4 is 54.0 Å². The molecule has 3 saturated carbocycles. The summed E-state index contributed by atoms with van der Waals surface area (Å²) in [7, 11) is -1.34. The monoisotopic (exact) mass is 1240 g/mol. The molecule has 6 aromatic heterocycles. The summed E-state index contributed by atoms with van der Waals surface area (Å²) in [5.41, 5.74) is 3.37. The van der Waals surface area contributed by atoms with Crippen LogP contribution in [0.5, 0.6) is 0 Å². The van der Waals surface area contributed by atoms with Crippen LogP contribution >= 0.6 is 11.6 Å². The van der Waals surface area contributed by atoms with E-state index in [1.54, 1.807) is 86.9 Å². The molecule has 9 aromatic rings. The summed E-state index contributed by atoms with van der Waals surface area (Å²) in [5.74, 6) is 0.910. The first kappa shape index (κ1) is 61.1. The van der Waals surface area contributed by atoms with Crippen LogP contribution in [0.1, 0.15) is 128 Å². The number of hydrogen-bond acceptors (Lipinski definition) is 17. The number of benzene rings is 3. The van der Waals surface area contributed by atoms with Gasteiger partial charge in [-0.2, -0.15) is 0 Å². The van der Waals surface area contributed by atoms with Crippen LogP contribution in [0.25, 0.3) is 22.3 Å². The number of hydrogen-bond donors (Lipinski definition) is 8.